The van der Waals surface area contributed by atoms with Crippen molar-refractivity contribution < 1.29 is 0 Å². The molecule has 9 heavy (non-hydrogen) atoms. The van der Waals surface area contributed by atoms with Gasteiger partial charge in [0.05, 0.1) is 0 Å². The lowest BCUT2D eigenvalue weighted by molar-refractivity contribution is 0.872. The summed E-state index contributed by atoms with van der Waals surface area (Å²) in [4.78, 5) is 0. The van der Waals surface area contributed by atoms with Gasteiger partial charge in [0.25, 0.3) is 0 Å². The Bertz CT molecular complexity index is 145. The first-order chi connectivity index (χ1) is 4.33. The molecule has 0 N–H and O–H groups in total. The monoisotopic (exact) mass is 234 g/mol. The van der Waals surface area contributed by atoms with E-state index in [1.54, 1.807) is 5.57 Å². The van der Waals surface area contributed by atoms with E-state index < -0.39 is 0 Å². The summed E-state index contributed by atoms with van der Waals surface area (Å²) in [6.45, 7) is 3.97. The fraction of sp³-hybridized carbons (Fsp3) is 0.500. The minimum absolute atomic E-state index is 1.16. The van der Waals surface area contributed by atoms with E-state index in [0.29, 0.717) is 0 Å². The number of halogens is 1. The molecule has 0 aliphatic heterocycles. The lowest BCUT2D eigenvalue weighted by atomic mass is 9.97. The van der Waals surface area contributed by atoms with E-state index in [-0.39, 0.29) is 0 Å². The maximum atomic E-state index is 3.97. The van der Waals surface area contributed by atoms with Crippen molar-refractivity contribution in [3.05, 3.63) is 23.8 Å². The summed E-state index contributed by atoms with van der Waals surface area (Å²) >= 11 is 2.41. The summed E-state index contributed by atoms with van der Waals surface area (Å²) in [5, 5.41) is 0. The standard InChI is InChI=1S/C8H11I/c1-7-3-2-4-8(5-7)6-9/h4H,1-3,5-6H2. The first-order valence-electron chi connectivity index (χ1n) is 3.23. The highest BCUT2D eigenvalue weighted by atomic mass is 127. The quantitative estimate of drug-likeness (QED) is 0.371. The van der Waals surface area contributed by atoms with E-state index in [4.69, 9.17) is 0 Å². The van der Waals surface area contributed by atoms with Crippen molar-refractivity contribution >= 4 is 22.6 Å². The van der Waals surface area contributed by atoms with Gasteiger partial charge in [0.15, 0.2) is 0 Å². The second-order valence-electron chi connectivity index (χ2n) is 2.46. The van der Waals surface area contributed by atoms with Crippen molar-refractivity contribution in [2.75, 3.05) is 4.43 Å². The smallest absolute Gasteiger partial charge is 0.0209 e. The van der Waals surface area contributed by atoms with Crippen LogP contribution in [-0.4, -0.2) is 4.43 Å². The largest absolute Gasteiger partial charge is 0.0995 e. The number of hydrogen-bond acceptors (Lipinski definition) is 0. The Morgan fingerprint density at radius 3 is 2.89 bits per heavy atom. The van der Waals surface area contributed by atoms with Gasteiger partial charge >= 0.3 is 0 Å². The van der Waals surface area contributed by atoms with Gasteiger partial charge in [0, 0.05) is 4.43 Å². The van der Waals surface area contributed by atoms with E-state index in [2.05, 4.69) is 35.2 Å². The second-order valence-corrected chi connectivity index (χ2v) is 3.22. The van der Waals surface area contributed by atoms with Crippen molar-refractivity contribution in [2.24, 2.45) is 0 Å². The lowest BCUT2D eigenvalue weighted by Crippen LogP contribution is -1.94. The molecule has 0 aromatic heterocycles. The molecule has 50 valence electrons. The molecule has 0 unspecified atom stereocenters. The molecule has 0 spiro atoms. The van der Waals surface area contributed by atoms with Crippen LogP contribution in [0, 0.1) is 0 Å². The fourth-order valence-corrected chi connectivity index (χ4v) is 1.64. The third-order valence-corrected chi connectivity index (χ3v) is 2.56. The van der Waals surface area contributed by atoms with E-state index in [0.717, 1.165) is 6.42 Å². The van der Waals surface area contributed by atoms with Gasteiger partial charge in [-0.15, -0.1) is 0 Å². The maximum absolute atomic E-state index is 3.97. The molecular weight excluding hydrogens is 223 g/mol. The summed E-state index contributed by atoms with van der Waals surface area (Å²) < 4.78 is 1.18. The molecule has 0 saturated heterocycles. The Kier molecular flexibility index (Phi) is 2.76. The Balaban J connectivity index is 2.53. The number of allylic oxidation sites excluding steroid dienone is 3. The molecule has 0 bridgehead atoms. The molecule has 1 aliphatic rings. The minimum Gasteiger partial charge on any atom is -0.0995 e. The molecule has 0 fully saturated rings. The van der Waals surface area contributed by atoms with Crippen LogP contribution in [0.3, 0.4) is 0 Å². The van der Waals surface area contributed by atoms with Crippen LogP contribution < -0.4 is 0 Å². The average molecular weight is 234 g/mol. The summed E-state index contributed by atoms with van der Waals surface area (Å²) in [6, 6.07) is 0. The molecule has 0 amide bonds. The Morgan fingerprint density at radius 2 is 2.44 bits per heavy atom. The fourth-order valence-electron chi connectivity index (χ4n) is 1.06. The van der Waals surface area contributed by atoms with E-state index in [1.165, 1.54) is 22.8 Å². The van der Waals surface area contributed by atoms with Crippen LogP contribution in [0.1, 0.15) is 19.3 Å². The highest BCUT2D eigenvalue weighted by molar-refractivity contribution is 14.1. The van der Waals surface area contributed by atoms with E-state index in [9.17, 15) is 0 Å². The SMILES string of the molecule is C=C1CCC=C(CI)C1. The van der Waals surface area contributed by atoms with Gasteiger partial charge in [-0.1, -0.05) is 46.4 Å². The van der Waals surface area contributed by atoms with Crippen molar-refractivity contribution in [1.82, 2.24) is 0 Å². The molecule has 0 radical (unpaired) electrons. The van der Waals surface area contributed by atoms with Gasteiger partial charge in [-0.2, -0.15) is 0 Å². The maximum Gasteiger partial charge on any atom is 0.0209 e. The van der Waals surface area contributed by atoms with Crippen LogP contribution in [-0.2, 0) is 0 Å². The summed E-state index contributed by atoms with van der Waals surface area (Å²) in [5.74, 6) is 0. The molecule has 1 aliphatic carbocycles. The number of rotatable bonds is 1. The summed E-state index contributed by atoms with van der Waals surface area (Å²) in [6.07, 6.45) is 5.93. The topological polar surface area (TPSA) is 0 Å². The van der Waals surface area contributed by atoms with E-state index >= 15 is 0 Å². The second kappa shape index (κ2) is 3.40. The summed E-state index contributed by atoms with van der Waals surface area (Å²) in [7, 11) is 0. The van der Waals surface area contributed by atoms with Gasteiger partial charge in [0.1, 0.15) is 0 Å². The van der Waals surface area contributed by atoms with Gasteiger partial charge in [-0.05, 0) is 19.3 Å². The molecule has 1 heteroatoms. The van der Waals surface area contributed by atoms with Crippen molar-refractivity contribution in [2.45, 2.75) is 19.3 Å². The summed E-state index contributed by atoms with van der Waals surface area (Å²) in [5.41, 5.74) is 2.97. The zero-order chi connectivity index (χ0) is 6.69. The van der Waals surface area contributed by atoms with Crippen LogP contribution in [0.5, 0.6) is 0 Å². The third kappa shape index (κ3) is 2.12. The molecule has 0 saturated carbocycles. The molecule has 0 heterocycles. The first-order valence-corrected chi connectivity index (χ1v) is 4.76. The third-order valence-electron chi connectivity index (χ3n) is 1.58. The van der Waals surface area contributed by atoms with Crippen molar-refractivity contribution in [1.29, 1.82) is 0 Å². The van der Waals surface area contributed by atoms with Crippen LogP contribution >= 0.6 is 22.6 Å². The van der Waals surface area contributed by atoms with Crippen LogP contribution in [0.15, 0.2) is 23.8 Å². The van der Waals surface area contributed by atoms with Gasteiger partial charge < -0.3 is 0 Å². The highest BCUT2D eigenvalue weighted by Crippen LogP contribution is 2.22. The van der Waals surface area contributed by atoms with Crippen molar-refractivity contribution in [3.63, 3.8) is 0 Å². The van der Waals surface area contributed by atoms with Gasteiger partial charge in [-0.25, -0.2) is 0 Å². The zero-order valence-electron chi connectivity index (χ0n) is 5.49. The Hall–Kier alpha value is 0.210. The molecule has 0 aromatic carbocycles. The van der Waals surface area contributed by atoms with Crippen LogP contribution in [0.2, 0.25) is 0 Å². The van der Waals surface area contributed by atoms with E-state index in [1.807, 2.05) is 0 Å². The van der Waals surface area contributed by atoms with Gasteiger partial charge in [-0.3, -0.25) is 0 Å². The Labute approximate surface area is 70.2 Å². The predicted molar refractivity (Wildman–Crippen MR) is 50.0 cm³/mol. The molecular formula is C8H11I. The molecule has 0 nitrogen and oxygen atoms in total. The number of alkyl halides is 1. The molecule has 0 aromatic rings. The van der Waals surface area contributed by atoms with Gasteiger partial charge in [0.2, 0.25) is 0 Å². The zero-order valence-corrected chi connectivity index (χ0v) is 7.65. The number of hydrogen-bond donors (Lipinski definition) is 0. The van der Waals surface area contributed by atoms with Crippen LogP contribution in [0.4, 0.5) is 0 Å². The van der Waals surface area contributed by atoms with Crippen molar-refractivity contribution in [3.8, 4) is 0 Å². The highest BCUT2D eigenvalue weighted by Gasteiger charge is 2.03. The predicted octanol–water partition coefficient (Wildman–Crippen LogP) is 3.09. The van der Waals surface area contributed by atoms with Crippen LogP contribution in [0.25, 0.3) is 0 Å². The molecule has 0 atom stereocenters. The molecule has 1 rings (SSSR count). The average Bonchev–Trinajstić information content (AvgIpc) is 1.88. The normalized spacial score (nSPS) is 19.7. The Morgan fingerprint density at radius 1 is 1.67 bits per heavy atom. The minimum atomic E-state index is 1.16. The lowest BCUT2D eigenvalue weighted by Gasteiger charge is -2.11. The first kappa shape index (κ1) is 7.32.